The van der Waals surface area contributed by atoms with E-state index >= 15 is 0 Å². The zero-order chi connectivity index (χ0) is 36.0. The molecule has 1 unspecified atom stereocenters. The number of rotatable bonds is 12. The number of hydrogen-bond donors (Lipinski definition) is 0. The van der Waals surface area contributed by atoms with Gasteiger partial charge in [-0.05, 0) is 43.9 Å². The summed E-state index contributed by atoms with van der Waals surface area (Å²) in [5.41, 5.74) is 0.0755. The van der Waals surface area contributed by atoms with E-state index in [9.17, 15) is 26.4 Å². The van der Waals surface area contributed by atoms with Crippen LogP contribution in [0.1, 0.15) is 50.0 Å². The number of aromatic nitrogens is 4. The summed E-state index contributed by atoms with van der Waals surface area (Å²) >= 11 is 0.687. The van der Waals surface area contributed by atoms with E-state index in [1.165, 1.54) is 6.07 Å². The smallest absolute Gasteiger partial charge is 0.303 e. The Bertz CT molecular complexity index is 1880. The Labute approximate surface area is 295 Å². The third-order valence-electron chi connectivity index (χ3n) is 9.74. The summed E-state index contributed by atoms with van der Waals surface area (Å²) in [6, 6.07) is 3.87. The standard InChI is InChI=1S/C32H43F3N8O4S2Si/c1-36-32(10-11-32)43(20-47-15-16-50(3,4)5)49(45,46)23-17-24-26(29-37-38-30(48-29)28(34)35)39-40(2)27(24)25(18-23)41-13-8-21(9-14-41)31(44)42-12-6-7-22(33)19-42/h17-18,21-22,28H,6-16,19-20H2,2-5H3. The normalized spacial score (nSPS) is 20.2. The minimum Gasteiger partial charge on any atom is -0.370 e. The number of ether oxygens (including phenoxy) is 1. The maximum atomic E-state index is 14.6. The lowest BCUT2D eigenvalue weighted by atomic mass is 9.93. The van der Waals surface area contributed by atoms with E-state index in [2.05, 4.69) is 39.8 Å². The van der Waals surface area contributed by atoms with Gasteiger partial charge in [0.05, 0.1) is 35.5 Å². The van der Waals surface area contributed by atoms with Crippen molar-refractivity contribution >= 4 is 51.9 Å². The van der Waals surface area contributed by atoms with Gasteiger partial charge in [-0.15, -0.1) is 10.2 Å². The van der Waals surface area contributed by atoms with Gasteiger partial charge in [-0.2, -0.15) is 5.10 Å². The summed E-state index contributed by atoms with van der Waals surface area (Å²) in [6.07, 6.45) is -1.02. The number of nitrogens with zero attached hydrogens (tertiary/aromatic N) is 8. The van der Waals surface area contributed by atoms with E-state index < -0.39 is 41.4 Å². The molecular weight excluding hydrogens is 710 g/mol. The number of aryl methyl sites for hydroxylation is 1. The number of carbonyl (C=O) groups is 1. The van der Waals surface area contributed by atoms with Crippen LogP contribution >= 0.6 is 11.3 Å². The van der Waals surface area contributed by atoms with Crippen molar-refractivity contribution < 1.29 is 31.1 Å². The van der Waals surface area contributed by atoms with Gasteiger partial charge in [0.25, 0.3) is 16.4 Å². The fourth-order valence-electron chi connectivity index (χ4n) is 6.68. The summed E-state index contributed by atoms with van der Waals surface area (Å²) in [5, 5.41) is 12.2. The first-order chi connectivity index (χ1) is 23.6. The predicted molar refractivity (Wildman–Crippen MR) is 187 cm³/mol. The number of anilines is 1. The van der Waals surface area contributed by atoms with Gasteiger partial charge in [0.2, 0.25) is 5.91 Å². The maximum Gasteiger partial charge on any atom is 0.303 e. The first-order valence-corrected chi connectivity index (χ1v) is 22.9. The van der Waals surface area contributed by atoms with Gasteiger partial charge in [-0.1, -0.05) is 35.3 Å². The van der Waals surface area contributed by atoms with Crippen molar-refractivity contribution in [1.29, 1.82) is 0 Å². The van der Waals surface area contributed by atoms with Crippen molar-refractivity contribution in [2.24, 2.45) is 13.0 Å². The molecule has 3 fully saturated rings. The lowest BCUT2D eigenvalue weighted by Gasteiger charge is -2.37. The van der Waals surface area contributed by atoms with Crippen LogP contribution in [0.4, 0.5) is 18.9 Å². The molecule has 2 aromatic heterocycles. The third-order valence-corrected chi connectivity index (χ3v) is 14.2. The first kappa shape index (κ1) is 36.7. The molecule has 1 atom stereocenters. The van der Waals surface area contributed by atoms with Crippen LogP contribution < -0.4 is 4.90 Å². The van der Waals surface area contributed by atoms with Crippen molar-refractivity contribution in [2.45, 2.75) is 87.4 Å². The molecule has 1 aliphatic carbocycles. The van der Waals surface area contributed by atoms with Crippen LogP contribution in [0.3, 0.4) is 0 Å². The molecule has 2 saturated heterocycles. The predicted octanol–water partition coefficient (Wildman–Crippen LogP) is 5.92. The van der Waals surface area contributed by atoms with Crippen LogP contribution in [-0.2, 0) is 26.6 Å². The number of alkyl halides is 3. The Hall–Kier alpha value is -3.11. The van der Waals surface area contributed by atoms with E-state index in [4.69, 9.17) is 11.3 Å². The summed E-state index contributed by atoms with van der Waals surface area (Å²) < 4.78 is 79.0. The molecule has 272 valence electrons. The lowest BCUT2D eigenvalue weighted by molar-refractivity contribution is -0.138. The molecule has 3 aromatic rings. The molecule has 3 aliphatic rings. The number of likely N-dealkylation sites (tertiary alicyclic amines) is 1. The number of halogens is 3. The van der Waals surface area contributed by atoms with Crippen molar-refractivity contribution in [3.8, 4) is 10.7 Å². The van der Waals surface area contributed by atoms with Gasteiger partial charge in [-0.3, -0.25) is 14.3 Å². The quantitative estimate of drug-likeness (QED) is 0.0970. The first-order valence-electron chi connectivity index (χ1n) is 16.9. The van der Waals surface area contributed by atoms with Crippen molar-refractivity contribution in [3.63, 3.8) is 0 Å². The Morgan fingerprint density at radius 2 is 1.90 bits per heavy atom. The fraction of sp³-hybridized carbons (Fsp3) is 0.656. The zero-order valence-electron chi connectivity index (χ0n) is 28.7. The van der Waals surface area contributed by atoms with Gasteiger partial charge < -0.3 is 14.5 Å². The zero-order valence-corrected chi connectivity index (χ0v) is 31.4. The van der Waals surface area contributed by atoms with Gasteiger partial charge in [0.15, 0.2) is 10.0 Å². The number of benzene rings is 1. The number of hydrogen-bond acceptors (Lipinski definition) is 9. The number of carbonyl (C=O) groups excluding carboxylic acids is 1. The highest BCUT2D eigenvalue weighted by Crippen LogP contribution is 2.47. The maximum absolute atomic E-state index is 14.6. The Morgan fingerprint density at radius 1 is 1.18 bits per heavy atom. The number of piperidine rings is 2. The molecule has 1 aromatic carbocycles. The van der Waals surface area contributed by atoms with Gasteiger partial charge >= 0.3 is 5.66 Å². The Morgan fingerprint density at radius 3 is 2.50 bits per heavy atom. The average Bonchev–Trinajstić information content (AvgIpc) is 3.55. The van der Waals surface area contributed by atoms with E-state index in [1.807, 2.05) is 4.90 Å². The molecule has 18 heteroatoms. The second kappa shape index (κ2) is 14.1. The largest absolute Gasteiger partial charge is 0.370 e. The fourth-order valence-corrected chi connectivity index (χ4v) is 9.80. The van der Waals surface area contributed by atoms with Crippen LogP contribution in [0.2, 0.25) is 25.7 Å². The van der Waals surface area contributed by atoms with Crippen LogP contribution in [0.5, 0.6) is 0 Å². The molecule has 0 radical (unpaired) electrons. The molecule has 1 amide bonds. The third kappa shape index (κ3) is 7.43. The molecule has 50 heavy (non-hydrogen) atoms. The van der Waals surface area contributed by atoms with E-state index in [-0.39, 0.29) is 40.7 Å². The summed E-state index contributed by atoms with van der Waals surface area (Å²) in [7, 11) is -4.10. The van der Waals surface area contributed by atoms with Crippen molar-refractivity contribution in [1.82, 2.24) is 29.2 Å². The highest BCUT2D eigenvalue weighted by atomic mass is 32.2. The van der Waals surface area contributed by atoms with Gasteiger partial charge in [-0.25, -0.2) is 28.2 Å². The topological polar surface area (TPSA) is 118 Å². The Balaban J connectivity index is 1.38. The summed E-state index contributed by atoms with van der Waals surface area (Å²) in [6.45, 7) is 16.1. The molecule has 0 bridgehead atoms. The van der Waals surface area contributed by atoms with E-state index in [0.717, 1.165) is 10.3 Å². The van der Waals surface area contributed by atoms with E-state index in [1.54, 1.807) is 22.7 Å². The van der Waals surface area contributed by atoms with Gasteiger partial charge in [0.1, 0.15) is 18.6 Å². The second-order valence-corrected chi connectivity index (χ2v) is 23.1. The number of fused-ring (bicyclic) bond motifs is 1. The molecular formula is C32H43F3N8O4S2Si. The molecule has 12 nitrogen and oxygen atoms in total. The van der Waals surface area contributed by atoms with Gasteiger partial charge in [0, 0.05) is 52.7 Å². The number of amides is 1. The highest BCUT2D eigenvalue weighted by molar-refractivity contribution is 7.89. The van der Waals surface area contributed by atoms with Crippen LogP contribution in [0, 0.1) is 12.5 Å². The SMILES string of the molecule is [C-]#[N+]C1(N(COCC[Si](C)(C)C)S(=O)(=O)c2cc(N3CCC(C(=O)N4CCCC(F)C4)CC3)c3c(c2)c(-c2nnc(C(F)F)s2)nn3C)CC1. The van der Waals surface area contributed by atoms with Crippen LogP contribution in [0.25, 0.3) is 26.4 Å². The second-order valence-electron chi connectivity index (χ2n) is 14.6. The minimum absolute atomic E-state index is 0.0546. The minimum atomic E-state index is -4.33. The monoisotopic (exact) mass is 752 g/mol. The Kier molecular flexibility index (Phi) is 10.4. The van der Waals surface area contributed by atoms with Crippen molar-refractivity contribution in [3.05, 3.63) is 28.6 Å². The molecule has 1 saturated carbocycles. The summed E-state index contributed by atoms with van der Waals surface area (Å²) in [4.78, 5) is 20.6. The molecule has 0 N–H and O–H groups in total. The highest BCUT2D eigenvalue weighted by Gasteiger charge is 2.61. The average molecular weight is 753 g/mol. The van der Waals surface area contributed by atoms with Crippen LogP contribution in [0.15, 0.2) is 17.0 Å². The van der Waals surface area contributed by atoms with Crippen LogP contribution in [-0.4, -0.2) is 103 Å². The number of sulfonamides is 1. The lowest BCUT2D eigenvalue weighted by Crippen LogP contribution is -2.47. The molecule has 6 rings (SSSR count). The molecule has 0 spiro atoms. The van der Waals surface area contributed by atoms with Crippen molar-refractivity contribution in [2.75, 3.05) is 44.4 Å². The molecule has 2 aliphatic heterocycles. The van der Waals surface area contributed by atoms with E-state index in [0.29, 0.717) is 92.7 Å². The summed E-state index contributed by atoms with van der Waals surface area (Å²) in [5.74, 6) is -0.339. The molecule has 4 heterocycles.